The van der Waals surface area contributed by atoms with Crippen LogP contribution in [0.4, 0.5) is 0 Å². The average Bonchev–Trinajstić information content (AvgIpc) is 2.49. The quantitative estimate of drug-likeness (QED) is 0.458. The monoisotopic (exact) mass is 301 g/mol. The first-order valence-electron chi connectivity index (χ1n) is 6.87. The number of guanidine groups is 1. The minimum absolute atomic E-state index is 0.147. The maximum Gasteiger partial charge on any atom is 0.328 e. The number of nitrogens with two attached hydrogens (primary N) is 2. The third-order valence-electron chi connectivity index (χ3n) is 3.32. The molecule has 2 unspecified atom stereocenters. The number of esters is 1. The van der Waals surface area contributed by atoms with Gasteiger partial charge in [0.15, 0.2) is 11.6 Å². The Kier molecular flexibility index (Phi) is 4.88. The maximum atomic E-state index is 11.9. The molecule has 0 aliphatic carbocycles. The number of ether oxygens (including phenoxy) is 1. The van der Waals surface area contributed by atoms with E-state index in [1.54, 1.807) is 24.7 Å². The normalized spacial score (nSPS) is 23.0. The van der Waals surface area contributed by atoms with Crippen LogP contribution in [0.5, 0.6) is 0 Å². The van der Waals surface area contributed by atoms with E-state index in [2.05, 4.69) is 15.0 Å². The zero-order chi connectivity index (χ0) is 16.0. The molecule has 1 aliphatic heterocycles. The number of allylic oxidation sites excluding steroid dienone is 1. The third kappa shape index (κ3) is 4.15. The number of rotatable bonds is 5. The molecule has 1 aromatic heterocycles. The highest BCUT2D eigenvalue weighted by Crippen LogP contribution is 2.26. The van der Waals surface area contributed by atoms with Gasteiger partial charge in [-0.2, -0.15) is 0 Å². The van der Waals surface area contributed by atoms with Gasteiger partial charge in [0.1, 0.15) is 6.54 Å². The summed E-state index contributed by atoms with van der Waals surface area (Å²) in [5.41, 5.74) is 10.6. The first-order chi connectivity index (χ1) is 10.5. The summed E-state index contributed by atoms with van der Waals surface area (Å²) in [5.74, 6) is -0.653. The summed E-state index contributed by atoms with van der Waals surface area (Å²) in [6, 6.07) is 3.59. The maximum absolute atomic E-state index is 11.9. The molecule has 2 heterocycles. The predicted molar refractivity (Wildman–Crippen MR) is 84.5 cm³/mol. The molecule has 4 N–H and O–H groups in total. The smallest absolute Gasteiger partial charge is 0.328 e. The van der Waals surface area contributed by atoms with Crippen molar-refractivity contribution >= 4 is 18.1 Å². The lowest BCUT2D eigenvalue weighted by molar-refractivity contribution is -0.153. The van der Waals surface area contributed by atoms with E-state index in [-0.39, 0.29) is 18.5 Å². The SMILES string of the molecule is CC1(OC(=O)CN=C(N)N)C=CC=NC1Cc1cccnc1. The van der Waals surface area contributed by atoms with Crippen molar-refractivity contribution in [1.82, 2.24) is 4.98 Å². The Bertz CT molecular complexity index is 608. The van der Waals surface area contributed by atoms with Crippen LogP contribution in [0.25, 0.3) is 0 Å². The summed E-state index contributed by atoms with van der Waals surface area (Å²) < 4.78 is 5.54. The topological polar surface area (TPSA) is 116 Å². The van der Waals surface area contributed by atoms with E-state index in [1.807, 2.05) is 25.1 Å². The first kappa shape index (κ1) is 15.7. The van der Waals surface area contributed by atoms with Crippen molar-refractivity contribution in [3.8, 4) is 0 Å². The number of hydrogen-bond acceptors (Lipinski definition) is 5. The van der Waals surface area contributed by atoms with E-state index in [0.29, 0.717) is 6.42 Å². The molecular weight excluding hydrogens is 282 g/mol. The van der Waals surface area contributed by atoms with Gasteiger partial charge in [-0.15, -0.1) is 0 Å². The van der Waals surface area contributed by atoms with Crippen LogP contribution in [-0.2, 0) is 16.0 Å². The minimum atomic E-state index is -0.847. The molecule has 0 fully saturated rings. The molecule has 0 aromatic carbocycles. The molecule has 1 aromatic rings. The van der Waals surface area contributed by atoms with Crippen molar-refractivity contribution < 1.29 is 9.53 Å². The fourth-order valence-corrected chi connectivity index (χ4v) is 2.18. The van der Waals surface area contributed by atoms with Crippen molar-refractivity contribution in [2.45, 2.75) is 25.0 Å². The predicted octanol–water partition coefficient (Wildman–Crippen LogP) is 0.209. The number of nitrogens with zero attached hydrogens (tertiary/aromatic N) is 3. The second-order valence-corrected chi connectivity index (χ2v) is 5.14. The molecule has 0 bridgehead atoms. The van der Waals surface area contributed by atoms with Crippen LogP contribution in [0.3, 0.4) is 0 Å². The Hall–Kier alpha value is -2.70. The Morgan fingerprint density at radius 2 is 2.32 bits per heavy atom. The van der Waals surface area contributed by atoms with E-state index >= 15 is 0 Å². The summed E-state index contributed by atoms with van der Waals surface area (Å²) in [4.78, 5) is 24.0. The summed E-state index contributed by atoms with van der Waals surface area (Å²) in [6.07, 6.45) is 9.37. The summed E-state index contributed by atoms with van der Waals surface area (Å²) >= 11 is 0. The first-order valence-corrected chi connectivity index (χ1v) is 6.87. The summed E-state index contributed by atoms with van der Waals surface area (Å²) in [6.45, 7) is 1.60. The molecule has 2 atom stereocenters. The van der Waals surface area contributed by atoms with Gasteiger partial charge < -0.3 is 16.2 Å². The molecule has 1 aliphatic rings. The highest BCUT2D eigenvalue weighted by molar-refractivity contribution is 5.80. The molecule has 0 saturated carbocycles. The average molecular weight is 301 g/mol. The molecule has 7 nitrogen and oxygen atoms in total. The standard InChI is InChI=1S/C15H19N5O2/c1-15(22-13(21)10-20-14(16)17)5-3-7-19-12(15)8-11-4-2-6-18-9-11/h2-7,9,12H,8,10H2,1H3,(H4,16,17,20). The lowest BCUT2D eigenvalue weighted by Crippen LogP contribution is -2.44. The van der Waals surface area contributed by atoms with Crippen molar-refractivity contribution in [2.75, 3.05) is 6.54 Å². The zero-order valence-corrected chi connectivity index (χ0v) is 12.3. The molecule has 0 saturated heterocycles. The molecule has 22 heavy (non-hydrogen) atoms. The Morgan fingerprint density at radius 3 is 3.00 bits per heavy atom. The second kappa shape index (κ2) is 6.84. The minimum Gasteiger partial charge on any atom is -0.451 e. The van der Waals surface area contributed by atoms with Crippen molar-refractivity contribution in [3.63, 3.8) is 0 Å². The molecule has 7 heteroatoms. The zero-order valence-electron chi connectivity index (χ0n) is 12.3. The van der Waals surface area contributed by atoms with Crippen molar-refractivity contribution in [1.29, 1.82) is 0 Å². The van der Waals surface area contributed by atoms with E-state index < -0.39 is 11.6 Å². The van der Waals surface area contributed by atoms with Gasteiger partial charge in [0.25, 0.3) is 0 Å². The number of aromatic nitrogens is 1. The van der Waals surface area contributed by atoms with E-state index in [9.17, 15) is 4.79 Å². The third-order valence-corrected chi connectivity index (χ3v) is 3.32. The van der Waals surface area contributed by atoms with Gasteiger partial charge in [0, 0.05) is 25.0 Å². The van der Waals surface area contributed by atoms with Crippen LogP contribution in [0, 0.1) is 0 Å². The van der Waals surface area contributed by atoms with Gasteiger partial charge in [0.2, 0.25) is 0 Å². The van der Waals surface area contributed by atoms with Crippen LogP contribution in [0.15, 0.2) is 46.7 Å². The highest BCUT2D eigenvalue weighted by Gasteiger charge is 2.36. The van der Waals surface area contributed by atoms with Crippen molar-refractivity contribution in [2.24, 2.45) is 21.5 Å². The van der Waals surface area contributed by atoms with Crippen LogP contribution in [0.1, 0.15) is 12.5 Å². The molecular formula is C15H19N5O2. The van der Waals surface area contributed by atoms with E-state index in [4.69, 9.17) is 16.2 Å². The number of carbonyl (C=O) groups is 1. The summed E-state index contributed by atoms with van der Waals surface area (Å²) in [7, 11) is 0. The highest BCUT2D eigenvalue weighted by atomic mass is 16.6. The number of dihydropyridines is 1. The molecule has 0 spiro atoms. The number of aliphatic imine (C=N–C) groups is 2. The van der Waals surface area contributed by atoms with Crippen LogP contribution < -0.4 is 11.5 Å². The van der Waals surface area contributed by atoms with E-state index in [1.165, 1.54) is 0 Å². The molecule has 116 valence electrons. The van der Waals surface area contributed by atoms with Gasteiger partial charge in [-0.05, 0) is 30.7 Å². The molecule has 0 radical (unpaired) electrons. The van der Waals surface area contributed by atoms with Crippen LogP contribution in [0.2, 0.25) is 0 Å². The van der Waals surface area contributed by atoms with Gasteiger partial charge in [0.05, 0.1) is 6.04 Å². The van der Waals surface area contributed by atoms with Crippen LogP contribution >= 0.6 is 0 Å². The molecule has 2 rings (SSSR count). The Balaban J connectivity index is 2.08. The Morgan fingerprint density at radius 1 is 1.50 bits per heavy atom. The fraction of sp³-hybridized carbons (Fsp3) is 0.333. The van der Waals surface area contributed by atoms with Crippen LogP contribution in [-0.4, -0.2) is 41.3 Å². The van der Waals surface area contributed by atoms with E-state index in [0.717, 1.165) is 5.56 Å². The van der Waals surface area contributed by atoms with Gasteiger partial charge in [-0.1, -0.05) is 6.07 Å². The van der Waals surface area contributed by atoms with Gasteiger partial charge in [-0.25, -0.2) is 4.99 Å². The Labute approximate surface area is 128 Å². The molecule has 0 amide bonds. The van der Waals surface area contributed by atoms with Gasteiger partial charge >= 0.3 is 5.97 Å². The van der Waals surface area contributed by atoms with Gasteiger partial charge in [-0.3, -0.25) is 14.8 Å². The lowest BCUT2D eigenvalue weighted by Gasteiger charge is -2.33. The lowest BCUT2D eigenvalue weighted by atomic mass is 9.89. The summed E-state index contributed by atoms with van der Waals surface area (Å²) in [5, 5.41) is 0. The largest absolute Gasteiger partial charge is 0.451 e. The van der Waals surface area contributed by atoms with Crippen molar-refractivity contribution in [3.05, 3.63) is 42.2 Å². The number of carbonyl (C=O) groups excluding carboxylic acids is 1. The number of pyridine rings is 1. The fourth-order valence-electron chi connectivity index (χ4n) is 2.18. The second-order valence-electron chi connectivity index (χ2n) is 5.14. The number of hydrogen-bond donors (Lipinski definition) is 2.